The van der Waals surface area contributed by atoms with Crippen LogP contribution in [-0.2, 0) is 14.8 Å². The Morgan fingerprint density at radius 3 is 2.53 bits per heavy atom. The standard InChI is InChI=1S/C12H16ClNO4S/c1-8(2)6-11(12(15)16)14-19(17,18)10-5-3-4-9(13)7-10/h3-5,7-8,11,14H,6H2,1-2H3,(H,15,16)/t11-/m0/s1. The summed E-state index contributed by atoms with van der Waals surface area (Å²) in [5, 5.41) is 9.31. The van der Waals surface area contributed by atoms with E-state index in [0.29, 0.717) is 0 Å². The summed E-state index contributed by atoms with van der Waals surface area (Å²) in [5.41, 5.74) is 0. The average Bonchev–Trinajstić information content (AvgIpc) is 2.27. The van der Waals surface area contributed by atoms with E-state index in [1.807, 2.05) is 13.8 Å². The Hall–Kier alpha value is -1.11. The average molecular weight is 306 g/mol. The van der Waals surface area contributed by atoms with Crippen molar-refractivity contribution in [2.45, 2.75) is 31.2 Å². The van der Waals surface area contributed by atoms with Crippen LogP contribution in [-0.4, -0.2) is 25.5 Å². The Morgan fingerprint density at radius 2 is 2.05 bits per heavy atom. The van der Waals surface area contributed by atoms with Crippen LogP contribution in [0.1, 0.15) is 20.3 Å². The summed E-state index contributed by atoms with van der Waals surface area (Å²) in [6.07, 6.45) is 0.217. The molecule has 0 heterocycles. The van der Waals surface area contributed by atoms with Gasteiger partial charge in [0.25, 0.3) is 0 Å². The van der Waals surface area contributed by atoms with Crippen LogP contribution >= 0.6 is 11.6 Å². The lowest BCUT2D eigenvalue weighted by Crippen LogP contribution is -2.41. The van der Waals surface area contributed by atoms with Gasteiger partial charge < -0.3 is 5.11 Å². The molecule has 0 aliphatic rings. The van der Waals surface area contributed by atoms with Crippen molar-refractivity contribution in [1.29, 1.82) is 0 Å². The van der Waals surface area contributed by atoms with Gasteiger partial charge in [0.15, 0.2) is 0 Å². The van der Waals surface area contributed by atoms with E-state index in [-0.39, 0.29) is 22.3 Å². The monoisotopic (exact) mass is 305 g/mol. The third-order valence-electron chi connectivity index (χ3n) is 2.41. The van der Waals surface area contributed by atoms with Gasteiger partial charge in [-0.2, -0.15) is 4.72 Å². The zero-order chi connectivity index (χ0) is 14.6. The molecule has 0 radical (unpaired) electrons. The topological polar surface area (TPSA) is 83.5 Å². The van der Waals surface area contributed by atoms with Gasteiger partial charge in [-0.3, -0.25) is 4.79 Å². The van der Waals surface area contributed by atoms with Gasteiger partial charge in [0.1, 0.15) is 6.04 Å². The molecule has 0 unspecified atom stereocenters. The molecule has 0 aliphatic carbocycles. The van der Waals surface area contributed by atoms with Crippen molar-refractivity contribution in [3.8, 4) is 0 Å². The second-order valence-electron chi connectivity index (χ2n) is 4.60. The number of rotatable bonds is 6. The maximum absolute atomic E-state index is 12.0. The smallest absolute Gasteiger partial charge is 0.321 e. The Balaban J connectivity index is 2.97. The summed E-state index contributed by atoms with van der Waals surface area (Å²) in [4.78, 5) is 11.0. The first kappa shape index (κ1) is 15.9. The van der Waals surface area contributed by atoms with Crippen LogP contribution in [0, 0.1) is 5.92 Å². The van der Waals surface area contributed by atoms with Crippen LogP contribution in [0.25, 0.3) is 0 Å². The van der Waals surface area contributed by atoms with Crippen molar-refractivity contribution >= 4 is 27.6 Å². The highest BCUT2D eigenvalue weighted by molar-refractivity contribution is 7.89. The first-order chi connectivity index (χ1) is 8.72. The molecule has 0 amide bonds. The van der Waals surface area contributed by atoms with Gasteiger partial charge >= 0.3 is 5.97 Å². The molecule has 106 valence electrons. The number of carbonyl (C=O) groups is 1. The molecule has 19 heavy (non-hydrogen) atoms. The lowest BCUT2D eigenvalue weighted by Gasteiger charge is -2.16. The van der Waals surface area contributed by atoms with Crippen LogP contribution in [0.5, 0.6) is 0 Å². The van der Waals surface area contributed by atoms with E-state index < -0.39 is 22.0 Å². The molecule has 1 atom stereocenters. The Kier molecular flexibility index (Phi) is 5.34. The number of hydrogen-bond donors (Lipinski definition) is 2. The normalized spacial score (nSPS) is 13.5. The largest absolute Gasteiger partial charge is 0.480 e. The number of benzene rings is 1. The van der Waals surface area contributed by atoms with Gasteiger partial charge in [-0.1, -0.05) is 31.5 Å². The number of carboxylic acid groups (broad SMARTS) is 1. The van der Waals surface area contributed by atoms with Crippen LogP contribution in [0.4, 0.5) is 0 Å². The third-order valence-corrected chi connectivity index (χ3v) is 4.11. The van der Waals surface area contributed by atoms with E-state index in [9.17, 15) is 13.2 Å². The minimum Gasteiger partial charge on any atom is -0.480 e. The number of hydrogen-bond acceptors (Lipinski definition) is 3. The zero-order valence-corrected chi connectivity index (χ0v) is 12.2. The minimum atomic E-state index is -3.89. The van der Waals surface area contributed by atoms with Gasteiger partial charge in [0, 0.05) is 5.02 Å². The van der Waals surface area contributed by atoms with Crippen molar-refractivity contribution in [2.75, 3.05) is 0 Å². The van der Waals surface area contributed by atoms with E-state index in [2.05, 4.69) is 4.72 Å². The molecule has 0 saturated heterocycles. The fourth-order valence-corrected chi connectivity index (χ4v) is 3.06. The predicted octanol–water partition coefficient (Wildman–Crippen LogP) is 2.12. The van der Waals surface area contributed by atoms with Gasteiger partial charge in [-0.05, 0) is 30.5 Å². The van der Waals surface area contributed by atoms with E-state index >= 15 is 0 Å². The SMILES string of the molecule is CC(C)C[C@H](NS(=O)(=O)c1cccc(Cl)c1)C(=O)O. The van der Waals surface area contributed by atoms with Crippen LogP contribution in [0.3, 0.4) is 0 Å². The highest BCUT2D eigenvalue weighted by Crippen LogP contribution is 2.16. The Bertz CT molecular complexity index is 557. The van der Waals surface area contributed by atoms with E-state index in [1.165, 1.54) is 18.2 Å². The lowest BCUT2D eigenvalue weighted by atomic mass is 10.1. The summed E-state index contributed by atoms with van der Waals surface area (Å²) >= 11 is 5.73. The van der Waals surface area contributed by atoms with Crippen LogP contribution in [0.2, 0.25) is 5.02 Å². The van der Waals surface area contributed by atoms with Crippen molar-refractivity contribution in [3.05, 3.63) is 29.3 Å². The maximum Gasteiger partial charge on any atom is 0.321 e. The van der Waals surface area contributed by atoms with Crippen molar-refractivity contribution in [3.63, 3.8) is 0 Å². The molecule has 1 aromatic rings. The van der Waals surface area contributed by atoms with Gasteiger partial charge in [0.2, 0.25) is 10.0 Å². The summed E-state index contributed by atoms with van der Waals surface area (Å²) in [5.74, 6) is -1.14. The van der Waals surface area contributed by atoms with Gasteiger partial charge in [-0.15, -0.1) is 0 Å². The molecule has 1 rings (SSSR count). The second kappa shape index (κ2) is 6.36. The van der Waals surface area contributed by atoms with Gasteiger partial charge in [-0.25, -0.2) is 8.42 Å². The van der Waals surface area contributed by atoms with Crippen LogP contribution < -0.4 is 4.72 Å². The molecule has 1 aromatic carbocycles. The molecular formula is C12H16ClNO4S. The highest BCUT2D eigenvalue weighted by atomic mass is 35.5. The van der Waals surface area contributed by atoms with E-state index in [0.717, 1.165) is 0 Å². The minimum absolute atomic E-state index is 0.0463. The molecule has 0 aromatic heterocycles. The van der Waals surface area contributed by atoms with E-state index in [4.69, 9.17) is 16.7 Å². The first-order valence-corrected chi connectivity index (χ1v) is 7.59. The molecular weight excluding hydrogens is 290 g/mol. The molecule has 2 N–H and O–H groups in total. The molecule has 7 heteroatoms. The third kappa shape index (κ3) is 4.81. The zero-order valence-electron chi connectivity index (χ0n) is 10.6. The van der Waals surface area contributed by atoms with Crippen molar-refractivity contribution < 1.29 is 18.3 Å². The number of aliphatic carboxylic acids is 1. The molecule has 0 aliphatic heterocycles. The Morgan fingerprint density at radius 1 is 1.42 bits per heavy atom. The number of sulfonamides is 1. The lowest BCUT2D eigenvalue weighted by molar-refractivity contribution is -0.139. The predicted molar refractivity (Wildman–Crippen MR) is 72.7 cm³/mol. The summed E-state index contributed by atoms with van der Waals surface area (Å²) < 4.78 is 26.3. The highest BCUT2D eigenvalue weighted by Gasteiger charge is 2.26. The maximum atomic E-state index is 12.0. The van der Waals surface area contributed by atoms with Gasteiger partial charge in [0.05, 0.1) is 4.90 Å². The summed E-state index contributed by atoms with van der Waals surface area (Å²) in [6.45, 7) is 3.65. The molecule has 0 saturated carbocycles. The van der Waals surface area contributed by atoms with E-state index in [1.54, 1.807) is 6.07 Å². The summed E-state index contributed by atoms with van der Waals surface area (Å²) in [6, 6.07) is 4.53. The number of halogens is 1. The fourth-order valence-electron chi connectivity index (χ4n) is 1.56. The molecule has 0 spiro atoms. The number of nitrogens with one attached hydrogen (secondary N) is 1. The second-order valence-corrected chi connectivity index (χ2v) is 6.75. The van der Waals surface area contributed by atoms with Crippen molar-refractivity contribution in [1.82, 2.24) is 4.72 Å². The van der Waals surface area contributed by atoms with Crippen LogP contribution in [0.15, 0.2) is 29.2 Å². The molecule has 0 fully saturated rings. The van der Waals surface area contributed by atoms with Crippen molar-refractivity contribution in [2.24, 2.45) is 5.92 Å². The Labute approximate surface area is 117 Å². The first-order valence-electron chi connectivity index (χ1n) is 5.73. The quantitative estimate of drug-likeness (QED) is 0.843. The molecule has 5 nitrogen and oxygen atoms in total. The molecule has 0 bridgehead atoms. The summed E-state index contributed by atoms with van der Waals surface area (Å²) in [7, 11) is -3.89. The fraction of sp³-hybridized carbons (Fsp3) is 0.417. The number of carboxylic acids is 1.